The zero-order chi connectivity index (χ0) is 15.8. The lowest BCUT2D eigenvalue weighted by Crippen LogP contribution is -2.58. The zero-order valence-electron chi connectivity index (χ0n) is 14.2. The molecule has 0 aromatic heterocycles. The summed E-state index contributed by atoms with van der Waals surface area (Å²) in [6, 6.07) is 0. The fourth-order valence-electron chi connectivity index (χ4n) is 6.79. The van der Waals surface area contributed by atoms with E-state index >= 15 is 0 Å². The summed E-state index contributed by atoms with van der Waals surface area (Å²) in [5.74, 6) is 2.04. The van der Waals surface area contributed by atoms with Gasteiger partial charge in [0.1, 0.15) is 6.10 Å². The number of carbonyl (C=O) groups excluding carboxylic acids is 1. The van der Waals surface area contributed by atoms with Gasteiger partial charge in [0.05, 0.1) is 5.60 Å². The molecular formula is C19H30O3. The van der Waals surface area contributed by atoms with Gasteiger partial charge in [-0.25, -0.2) is 0 Å². The van der Waals surface area contributed by atoms with Crippen LogP contribution in [0.2, 0.25) is 0 Å². The number of hydrogen-bond acceptors (Lipinski definition) is 3. The number of hydrogen-bond donors (Lipinski definition) is 1. The van der Waals surface area contributed by atoms with E-state index in [9.17, 15) is 9.90 Å². The van der Waals surface area contributed by atoms with Gasteiger partial charge in [-0.15, -0.1) is 0 Å². The summed E-state index contributed by atoms with van der Waals surface area (Å²) >= 11 is 0. The molecule has 7 atom stereocenters. The summed E-state index contributed by atoms with van der Waals surface area (Å²) in [5.41, 5.74) is -0.241. The third-order valence-electron chi connectivity index (χ3n) is 8.49. The molecule has 3 aliphatic carbocycles. The van der Waals surface area contributed by atoms with Crippen molar-refractivity contribution < 1.29 is 14.6 Å². The van der Waals surface area contributed by atoms with Crippen LogP contribution in [0, 0.1) is 28.6 Å². The molecule has 0 amide bonds. The van der Waals surface area contributed by atoms with Crippen molar-refractivity contribution in [1.82, 2.24) is 0 Å². The normalized spacial score (nSPS) is 57.5. The highest BCUT2D eigenvalue weighted by Crippen LogP contribution is 2.66. The lowest BCUT2D eigenvalue weighted by atomic mass is 9.47. The van der Waals surface area contributed by atoms with Crippen LogP contribution in [0.4, 0.5) is 0 Å². The van der Waals surface area contributed by atoms with Gasteiger partial charge in [-0.2, -0.15) is 0 Å². The summed E-state index contributed by atoms with van der Waals surface area (Å²) in [6.07, 6.45) is 8.37. The minimum absolute atomic E-state index is 0.00497. The Hall–Kier alpha value is -0.570. The minimum Gasteiger partial charge on any atom is -0.462 e. The molecule has 3 nitrogen and oxygen atoms in total. The van der Waals surface area contributed by atoms with E-state index < -0.39 is 5.60 Å². The second-order valence-corrected chi connectivity index (χ2v) is 9.21. The molecule has 4 fully saturated rings. The molecule has 1 N–H and O–H groups in total. The summed E-state index contributed by atoms with van der Waals surface area (Å²) in [7, 11) is 0. The molecule has 124 valence electrons. The van der Waals surface area contributed by atoms with Gasteiger partial charge in [0.15, 0.2) is 0 Å². The molecule has 1 aliphatic heterocycles. The van der Waals surface area contributed by atoms with Crippen LogP contribution in [0.15, 0.2) is 0 Å². The number of carbonyl (C=O) groups is 1. The molecule has 3 heteroatoms. The van der Waals surface area contributed by atoms with Gasteiger partial charge in [-0.3, -0.25) is 4.79 Å². The van der Waals surface area contributed by atoms with Crippen molar-refractivity contribution in [3.8, 4) is 0 Å². The zero-order valence-corrected chi connectivity index (χ0v) is 14.2. The van der Waals surface area contributed by atoms with Crippen LogP contribution in [0.1, 0.15) is 72.1 Å². The maximum Gasteiger partial charge on any atom is 0.306 e. The van der Waals surface area contributed by atoms with Gasteiger partial charge in [-0.05, 0) is 75.0 Å². The smallest absolute Gasteiger partial charge is 0.306 e. The van der Waals surface area contributed by atoms with E-state index in [-0.39, 0.29) is 22.9 Å². The predicted octanol–water partition coefficient (Wildman–Crippen LogP) is 3.69. The Morgan fingerprint density at radius 3 is 2.50 bits per heavy atom. The average Bonchev–Trinajstić information content (AvgIpc) is 2.70. The average molecular weight is 306 g/mol. The van der Waals surface area contributed by atoms with Crippen molar-refractivity contribution in [2.75, 3.05) is 0 Å². The van der Waals surface area contributed by atoms with Crippen LogP contribution in [0.5, 0.6) is 0 Å². The molecule has 0 aromatic rings. The molecule has 0 aromatic carbocycles. The molecule has 0 bridgehead atoms. The number of esters is 1. The second kappa shape index (κ2) is 4.49. The van der Waals surface area contributed by atoms with E-state index in [4.69, 9.17) is 4.74 Å². The fraction of sp³-hybridized carbons (Fsp3) is 0.947. The van der Waals surface area contributed by atoms with Crippen LogP contribution in [-0.4, -0.2) is 22.8 Å². The summed E-state index contributed by atoms with van der Waals surface area (Å²) in [5, 5.41) is 10.9. The maximum atomic E-state index is 11.7. The van der Waals surface area contributed by atoms with E-state index in [0.717, 1.165) is 25.7 Å². The van der Waals surface area contributed by atoms with Crippen LogP contribution in [-0.2, 0) is 9.53 Å². The highest BCUT2D eigenvalue weighted by atomic mass is 16.5. The molecule has 0 radical (unpaired) electrons. The predicted molar refractivity (Wildman–Crippen MR) is 84.1 cm³/mol. The van der Waals surface area contributed by atoms with Crippen molar-refractivity contribution in [1.29, 1.82) is 0 Å². The van der Waals surface area contributed by atoms with E-state index in [1.54, 1.807) is 0 Å². The first-order valence-corrected chi connectivity index (χ1v) is 9.20. The van der Waals surface area contributed by atoms with Crippen LogP contribution in [0.3, 0.4) is 0 Å². The molecule has 5 unspecified atom stereocenters. The highest BCUT2D eigenvalue weighted by Gasteiger charge is 2.63. The summed E-state index contributed by atoms with van der Waals surface area (Å²) < 4.78 is 5.73. The number of fused-ring (bicyclic) bond motifs is 5. The number of rotatable bonds is 0. The third kappa shape index (κ3) is 1.75. The molecule has 4 aliphatic rings. The van der Waals surface area contributed by atoms with Gasteiger partial charge in [0.25, 0.3) is 0 Å². The van der Waals surface area contributed by atoms with Gasteiger partial charge in [0.2, 0.25) is 0 Å². The van der Waals surface area contributed by atoms with Gasteiger partial charge >= 0.3 is 5.97 Å². The quantitative estimate of drug-likeness (QED) is 0.694. The fourth-order valence-corrected chi connectivity index (χ4v) is 6.79. The molecule has 4 rings (SSSR count). The first-order valence-electron chi connectivity index (χ1n) is 9.20. The highest BCUT2D eigenvalue weighted by molar-refractivity contribution is 5.70. The van der Waals surface area contributed by atoms with E-state index in [2.05, 4.69) is 20.8 Å². The maximum absolute atomic E-state index is 11.7. The van der Waals surface area contributed by atoms with Crippen molar-refractivity contribution in [3.05, 3.63) is 0 Å². The van der Waals surface area contributed by atoms with Crippen molar-refractivity contribution in [2.24, 2.45) is 28.6 Å². The Kier molecular flexibility index (Phi) is 3.06. The molecule has 22 heavy (non-hydrogen) atoms. The standard InChI is InChI=1S/C19H30O3/c1-17-9-8-16(20)22-15(17)5-4-12-13(17)6-10-18(2)14(12)7-11-19(18,3)21/h12-15,21H,4-11H2,1-3H3/t12?,13?,14?,15-,17?,18?,19+/m1/s1. The molecule has 3 saturated carbocycles. The van der Waals surface area contributed by atoms with Crippen LogP contribution < -0.4 is 0 Å². The Morgan fingerprint density at radius 2 is 1.73 bits per heavy atom. The lowest BCUT2D eigenvalue weighted by Gasteiger charge is -2.60. The van der Waals surface area contributed by atoms with Crippen LogP contribution >= 0.6 is 0 Å². The Bertz CT molecular complexity index is 499. The largest absolute Gasteiger partial charge is 0.462 e. The van der Waals surface area contributed by atoms with Gasteiger partial charge in [-0.1, -0.05) is 13.8 Å². The Balaban J connectivity index is 1.65. The van der Waals surface area contributed by atoms with Crippen molar-refractivity contribution >= 4 is 5.97 Å². The number of aliphatic hydroxyl groups is 1. The monoisotopic (exact) mass is 306 g/mol. The van der Waals surface area contributed by atoms with E-state index in [0.29, 0.717) is 24.2 Å². The first-order chi connectivity index (χ1) is 10.3. The lowest BCUT2D eigenvalue weighted by molar-refractivity contribution is -0.197. The molecular weight excluding hydrogens is 276 g/mol. The Labute approximate surface area is 133 Å². The SMILES string of the molecule is CC12CCC(=O)O[C@@H]1CCC1C2CCC2(C)C1CC[C@]2(C)O. The molecule has 0 spiro atoms. The minimum atomic E-state index is -0.501. The number of ether oxygens (including phenoxy) is 1. The summed E-state index contributed by atoms with van der Waals surface area (Å²) in [6.45, 7) is 6.76. The second-order valence-electron chi connectivity index (χ2n) is 9.21. The van der Waals surface area contributed by atoms with E-state index in [1.165, 1.54) is 19.3 Å². The van der Waals surface area contributed by atoms with Crippen molar-refractivity contribution in [3.63, 3.8) is 0 Å². The van der Waals surface area contributed by atoms with Gasteiger partial charge in [0, 0.05) is 11.8 Å². The Morgan fingerprint density at radius 1 is 1.00 bits per heavy atom. The summed E-state index contributed by atoms with van der Waals surface area (Å²) in [4.78, 5) is 11.7. The first kappa shape index (κ1) is 15.0. The topological polar surface area (TPSA) is 46.5 Å². The van der Waals surface area contributed by atoms with Crippen molar-refractivity contribution in [2.45, 2.75) is 83.8 Å². The third-order valence-corrected chi connectivity index (χ3v) is 8.49. The van der Waals surface area contributed by atoms with E-state index in [1.807, 2.05) is 0 Å². The molecule has 1 heterocycles. The van der Waals surface area contributed by atoms with Gasteiger partial charge < -0.3 is 9.84 Å². The molecule has 1 saturated heterocycles. The van der Waals surface area contributed by atoms with Crippen LogP contribution in [0.25, 0.3) is 0 Å².